The normalized spacial score (nSPS) is 15.5. The lowest BCUT2D eigenvalue weighted by Crippen LogP contribution is -2.42. The summed E-state index contributed by atoms with van der Waals surface area (Å²) in [6.07, 6.45) is 0.226. The van der Waals surface area contributed by atoms with E-state index < -0.39 is 25.9 Å². The van der Waals surface area contributed by atoms with E-state index in [1.54, 1.807) is 24.3 Å². The molecule has 1 aliphatic heterocycles. The van der Waals surface area contributed by atoms with Crippen LogP contribution < -0.4 is 0 Å². The summed E-state index contributed by atoms with van der Waals surface area (Å²) < 4.78 is 11.3. The van der Waals surface area contributed by atoms with Crippen molar-refractivity contribution in [3.8, 4) is 0 Å². The minimum atomic E-state index is -2.46. The molecule has 0 fully saturated rings. The highest BCUT2D eigenvalue weighted by atomic mass is 31.1. The van der Waals surface area contributed by atoms with Gasteiger partial charge in [-0.1, -0.05) is 42.5 Å². The summed E-state index contributed by atoms with van der Waals surface area (Å²) in [4.78, 5) is 35.5. The third-order valence-electron chi connectivity index (χ3n) is 3.87. The number of amides is 2. The zero-order chi connectivity index (χ0) is 16.4. The van der Waals surface area contributed by atoms with E-state index in [0.29, 0.717) is 17.5 Å². The molecule has 0 aliphatic carbocycles. The lowest BCUT2D eigenvalue weighted by atomic mass is 10.1. The largest absolute Gasteiger partial charge is 0.507 e. The molecule has 2 aromatic rings. The van der Waals surface area contributed by atoms with E-state index in [4.69, 9.17) is 0 Å². The fourth-order valence-corrected chi connectivity index (χ4v) is 3.50. The topological polar surface area (TPSA) is 74.7 Å². The average molecular weight is 328 g/mol. The Bertz CT molecular complexity index is 740. The smallest absolute Gasteiger partial charge is 0.269 e. The molecule has 0 saturated carbocycles. The van der Waals surface area contributed by atoms with Crippen molar-refractivity contribution in [2.75, 3.05) is 6.16 Å². The fraction of sp³-hybridized carbons (Fsp3) is 0.176. The van der Waals surface area contributed by atoms with Gasteiger partial charge in [-0.3, -0.25) is 14.5 Å². The summed E-state index contributed by atoms with van der Waals surface area (Å²) in [5, 5.41) is 0. The third kappa shape index (κ3) is 3.07. The summed E-state index contributed by atoms with van der Waals surface area (Å²) in [5.74, 6) is -0.799. The highest BCUT2D eigenvalue weighted by Crippen LogP contribution is 2.29. The van der Waals surface area contributed by atoms with Gasteiger partial charge in [0.25, 0.3) is 11.8 Å². The average Bonchev–Trinajstić information content (AvgIpc) is 2.79. The van der Waals surface area contributed by atoms with E-state index >= 15 is 0 Å². The molecule has 0 radical (unpaired) electrons. The van der Waals surface area contributed by atoms with Crippen molar-refractivity contribution in [3.05, 3.63) is 71.3 Å². The molecule has 0 saturated heterocycles. The Morgan fingerprint density at radius 2 is 1.43 bits per heavy atom. The van der Waals surface area contributed by atoms with Crippen LogP contribution in [0.3, 0.4) is 0 Å². The first-order chi connectivity index (χ1) is 11.1. The summed E-state index contributed by atoms with van der Waals surface area (Å²) in [5.41, 5.74) is 1.61. The standard InChI is InChI=1S/C17H14NO4P/c19-16-14-8-4-5-9-15(14)17(20)18(16)13(11-23(21)22)10-12-6-2-1-3-7-12/h1-9,13H,10-11H2/p+1. The Labute approximate surface area is 134 Å². The summed E-state index contributed by atoms with van der Waals surface area (Å²) >= 11 is 0. The SMILES string of the molecule is O=C1c2ccccc2C(=O)N1C(Cc1ccccc1)C[P+](=O)O. The van der Waals surface area contributed by atoms with Crippen LogP contribution in [-0.2, 0) is 11.0 Å². The summed E-state index contributed by atoms with van der Waals surface area (Å²) in [6, 6.07) is 15.3. The lowest BCUT2D eigenvalue weighted by Gasteiger charge is -2.22. The molecular weight excluding hydrogens is 313 g/mol. The number of carbonyl (C=O) groups is 2. The van der Waals surface area contributed by atoms with E-state index in [9.17, 15) is 19.0 Å². The lowest BCUT2D eigenvalue weighted by molar-refractivity contribution is 0.0598. The van der Waals surface area contributed by atoms with Crippen molar-refractivity contribution >= 4 is 19.8 Å². The molecule has 1 heterocycles. The van der Waals surface area contributed by atoms with Gasteiger partial charge in [0, 0.05) is 0 Å². The van der Waals surface area contributed by atoms with Crippen molar-refractivity contribution in [2.24, 2.45) is 0 Å². The van der Waals surface area contributed by atoms with E-state index in [1.165, 1.54) is 0 Å². The van der Waals surface area contributed by atoms with Gasteiger partial charge in [0.05, 0.1) is 17.2 Å². The molecule has 0 aromatic heterocycles. The van der Waals surface area contributed by atoms with Crippen molar-refractivity contribution in [2.45, 2.75) is 12.5 Å². The molecule has 6 heteroatoms. The predicted molar refractivity (Wildman–Crippen MR) is 85.6 cm³/mol. The summed E-state index contributed by atoms with van der Waals surface area (Å²) in [7, 11) is -2.46. The number of benzene rings is 2. The van der Waals surface area contributed by atoms with Crippen molar-refractivity contribution in [1.82, 2.24) is 4.90 Å². The quantitative estimate of drug-likeness (QED) is 0.676. The minimum Gasteiger partial charge on any atom is -0.269 e. The Balaban J connectivity index is 1.93. The second kappa shape index (κ2) is 6.41. The number of carbonyl (C=O) groups excluding carboxylic acids is 2. The zero-order valence-electron chi connectivity index (χ0n) is 12.3. The number of fused-ring (bicyclic) bond motifs is 1. The van der Waals surface area contributed by atoms with Crippen LogP contribution in [0.5, 0.6) is 0 Å². The molecular formula is C17H15NO4P+. The Morgan fingerprint density at radius 1 is 0.913 bits per heavy atom. The van der Waals surface area contributed by atoms with Crippen molar-refractivity contribution < 1.29 is 19.0 Å². The zero-order valence-corrected chi connectivity index (χ0v) is 13.1. The fourth-order valence-electron chi connectivity index (χ4n) is 2.84. The van der Waals surface area contributed by atoms with Crippen LogP contribution in [0.15, 0.2) is 54.6 Å². The maximum atomic E-state index is 12.5. The van der Waals surface area contributed by atoms with Crippen LogP contribution in [0.4, 0.5) is 0 Å². The molecule has 0 bridgehead atoms. The first-order valence-electron chi connectivity index (χ1n) is 7.22. The van der Waals surface area contributed by atoms with Crippen LogP contribution in [0.2, 0.25) is 0 Å². The van der Waals surface area contributed by atoms with E-state index in [1.807, 2.05) is 30.3 Å². The molecule has 116 valence electrons. The molecule has 2 aromatic carbocycles. The molecule has 0 spiro atoms. The molecule has 5 nitrogen and oxygen atoms in total. The molecule has 1 N–H and O–H groups in total. The first-order valence-corrected chi connectivity index (χ1v) is 8.62. The first kappa shape index (κ1) is 15.5. The monoisotopic (exact) mass is 328 g/mol. The molecule has 2 amide bonds. The minimum absolute atomic E-state index is 0.129. The van der Waals surface area contributed by atoms with Gasteiger partial charge < -0.3 is 0 Å². The van der Waals surface area contributed by atoms with E-state index in [0.717, 1.165) is 10.5 Å². The van der Waals surface area contributed by atoms with Gasteiger partial charge in [-0.25, -0.2) is 0 Å². The number of hydrogen-bond donors (Lipinski definition) is 1. The highest BCUT2D eigenvalue weighted by molar-refractivity contribution is 7.38. The number of nitrogens with zero attached hydrogens (tertiary/aromatic N) is 1. The van der Waals surface area contributed by atoms with Crippen molar-refractivity contribution in [3.63, 3.8) is 0 Å². The predicted octanol–water partition coefficient (Wildman–Crippen LogP) is 2.63. The van der Waals surface area contributed by atoms with Crippen LogP contribution in [0, 0.1) is 0 Å². The van der Waals surface area contributed by atoms with Crippen LogP contribution in [-0.4, -0.2) is 33.8 Å². The number of imide groups is 1. The van der Waals surface area contributed by atoms with Gasteiger partial charge in [-0.05, 0) is 28.7 Å². The van der Waals surface area contributed by atoms with Gasteiger partial charge in [0.1, 0.15) is 0 Å². The third-order valence-corrected chi connectivity index (χ3v) is 4.61. The van der Waals surface area contributed by atoms with Crippen LogP contribution >= 0.6 is 8.03 Å². The number of rotatable bonds is 5. The summed E-state index contributed by atoms with van der Waals surface area (Å²) in [6.45, 7) is 0. The van der Waals surface area contributed by atoms with Gasteiger partial charge >= 0.3 is 8.03 Å². The second-order valence-corrected chi connectivity index (χ2v) is 6.47. The maximum absolute atomic E-state index is 12.5. The van der Waals surface area contributed by atoms with E-state index in [2.05, 4.69) is 0 Å². The Hall–Kier alpha value is -2.36. The van der Waals surface area contributed by atoms with Gasteiger partial charge in [0.15, 0.2) is 6.16 Å². The molecule has 23 heavy (non-hydrogen) atoms. The molecule has 2 unspecified atom stereocenters. The second-order valence-electron chi connectivity index (χ2n) is 5.40. The number of hydrogen-bond acceptors (Lipinski definition) is 3. The maximum Gasteiger partial charge on any atom is 0.507 e. The molecule has 3 rings (SSSR count). The van der Waals surface area contributed by atoms with Gasteiger partial charge in [-0.15, -0.1) is 0 Å². The Morgan fingerprint density at radius 3 is 1.96 bits per heavy atom. The van der Waals surface area contributed by atoms with Crippen molar-refractivity contribution in [1.29, 1.82) is 0 Å². The van der Waals surface area contributed by atoms with Crippen LogP contribution in [0.25, 0.3) is 0 Å². The molecule has 1 aliphatic rings. The highest BCUT2D eigenvalue weighted by Gasteiger charge is 2.42. The molecule has 2 atom stereocenters. The van der Waals surface area contributed by atoms with Crippen LogP contribution in [0.1, 0.15) is 26.3 Å². The van der Waals surface area contributed by atoms with Gasteiger partial charge in [0.2, 0.25) is 0 Å². The van der Waals surface area contributed by atoms with Gasteiger partial charge in [-0.2, -0.15) is 4.89 Å². The Kier molecular flexibility index (Phi) is 4.33. The van der Waals surface area contributed by atoms with E-state index in [-0.39, 0.29) is 6.16 Å².